The first-order valence-corrected chi connectivity index (χ1v) is 10.8. The van der Waals surface area contributed by atoms with Gasteiger partial charge in [-0.2, -0.15) is 0 Å². The summed E-state index contributed by atoms with van der Waals surface area (Å²) >= 11 is 0. The van der Waals surface area contributed by atoms with Gasteiger partial charge in [0.15, 0.2) is 0 Å². The largest absolute Gasteiger partial charge is 0.493 e. The molecule has 0 atom stereocenters. The molecule has 1 amide bonds. The zero-order valence-corrected chi connectivity index (χ0v) is 17.8. The summed E-state index contributed by atoms with van der Waals surface area (Å²) < 4.78 is 12.0. The molecule has 1 aliphatic rings. The molecule has 4 heteroatoms. The molecule has 0 aliphatic carbocycles. The molecule has 0 bridgehead atoms. The number of likely N-dealkylation sites (tertiary alicyclic amines) is 1. The summed E-state index contributed by atoms with van der Waals surface area (Å²) in [6.07, 6.45) is 2.14. The number of ether oxygens (including phenoxy) is 2. The standard InChI is InChI=1S/C26H29NO3/c1-3-29-24-12-11-21(26(28)27-15-13-19(2)14-16-27)17-22(24)18-30-25-10-6-8-20-7-4-5-9-23(20)25/h4-12,17,19H,3,13-16,18H2,1-2H3. The lowest BCUT2D eigenvalue weighted by molar-refractivity contribution is 0.0697. The number of amides is 1. The minimum atomic E-state index is 0.0939. The first-order valence-electron chi connectivity index (χ1n) is 10.8. The van der Waals surface area contributed by atoms with E-state index in [0.29, 0.717) is 24.7 Å². The van der Waals surface area contributed by atoms with Crippen molar-refractivity contribution in [2.75, 3.05) is 19.7 Å². The molecule has 0 N–H and O–H groups in total. The third-order valence-electron chi connectivity index (χ3n) is 5.81. The van der Waals surface area contributed by atoms with Crippen molar-refractivity contribution < 1.29 is 14.3 Å². The van der Waals surface area contributed by atoms with Crippen molar-refractivity contribution in [2.45, 2.75) is 33.3 Å². The lowest BCUT2D eigenvalue weighted by atomic mass is 9.98. The number of hydrogen-bond donors (Lipinski definition) is 0. The van der Waals surface area contributed by atoms with Crippen molar-refractivity contribution in [2.24, 2.45) is 5.92 Å². The Kier molecular flexibility index (Phi) is 6.22. The summed E-state index contributed by atoms with van der Waals surface area (Å²) in [6, 6.07) is 19.9. The van der Waals surface area contributed by atoms with Gasteiger partial charge in [0.25, 0.3) is 5.91 Å². The van der Waals surface area contributed by atoms with Gasteiger partial charge in [-0.1, -0.05) is 43.3 Å². The summed E-state index contributed by atoms with van der Waals surface area (Å²) in [5, 5.41) is 2.22. The average Bonchev–Trinajstić information content (AvgIpc) is 2.78. The van der Waals surface area contributed by atoms with Crippen LogP contribution in [0.1, 0.15) is 42.6 Å². The highest BCUT2D eigenvalue weighted by molar-refractivity contribution is 5.94. The lowest BCUT2D eigenvalue weighted by Crippen LogP contribution is -2.37. The van der Waals surface area contributed by atoms with Crippen molar-refractivity contribution in [1.29, 1.82) is 0 Å². The SMILES string of the molecule is CCOc1ccc(C(=O)N2CCC(C)CC2)cc1COc1cccc2ccccc12. The zero-order chi connectivity index (χ0) is 20.9. The minimum absolute atomic E-state index is 0.0939. The molecule has 1 saturated heterocycles. The van der Waals surface area contributed by atoms with Crippen molar-refractivity contribution in [3.8, 4) is 11.5 Å². The van der Waals surface area contributed by atoms with Crippen LogP contribution in [-0.4, -0.2) is 30.5 Å². The number of carbonyl (C=O) groups is 1. The fourth-order valence-electron chi connectivity index (χ4n) is 3.99. The van der Waals surface area contributed by atoms with Crippen LogP contribution in [0.3, 0.4) is 0 Å². The van der Waals surface area contributed by atoms with E-state index in [1.165, 1.54) is 0 Å². The van der Waals surface area contributed by atoms with Crippen LogP contribution in [0, 0.1) is 5.92 Å². The van der Waals surface area contributed by atoms with E-state index < -0.39 is 0 Å². The maximum atomic E-state index is 13.0. The van der Waals surface area contributed by atoms with Crippen LogP contribution < -0.4 is 9.47 Å². The zero-order valence-electron chi connectivity index (χ0n) is 17.8. The second kappa shape index (κ2) is 9.21. The third-order valence-corrected chi connectivity index (χ3v) is 5.81. The fraction of sp³-hybridized carbons (Fsp3) is 0.346. The first-order chi connectivity index (χ1) is 14.7. The molecular weight excluding hydrogens is 374 g/mol. The smallest absolute Gasteiger partial charge is 0.253 e. The normalized spacial score (nSPS) is 14.7. The summed E-state index contributed by atoms with van der Waals surface area (Å²) in [7, 11) is 0. The van der Waals surface area contributed by atoms with Crippen molar-refractivity contribution in [3.05, 3.63) is 71.8 Å². The predicted molar refractivity (Wildman–Crippen MR) is 120 cm³/mol. The number of carbonyl (C=O) groups excluding carboxylic acids is 1. The van der Waals surface area contributed by atoms with E-state index in [-0.39, 0.29) is 5.91 Å². The van der Waals surface area contributed by atoms with Gasteiger partial charge in [0.05, 0.1) is 6.61 Å². The van der Waals surface area contributed by atoms with Gasteiger partial charge in [-0.25, -0.2) is 0 Å². The number of nitrogens with zero attached hydrogens (tertiary/aromatic N) is 1. The molecule has 0 unspecified atom stereocenters. The highest BCUT2D eigenvalue weighted by atomic mass is 16.5. The van der Waals surface area contributed by atoms with Crippen molar-refractivity contribution in [3.63, 3.8) is 0 Å². The van der Waals surface area contributed by atoms with Crippen LogP contribution >= 0.6 is 0 Å². The summed E-state index contributed by atoms with van der Waals surface area (Å²) in [4.78, 5) is 15.0. The van der Waals surface area contributed by atoms with Crippen LogP contribution in [0.2, 0.25) is 0 Å². The van der Waals surface area contributed by atoms with E-state index in [9.17, 15) is 4.79 Å². The summed E-state index contributed by atoms with van der Waals surface area (Å²) in [6.45, 7) is 6.79. The number of piperidine rings is 1. The van der Waals surface area contributed by atoms with Gasteiger partial charge in [-0.05, 0) is 55.3 Å². The van der Waals surface area contributed by atoms with Gasteiger partial charge in [0.1, 0.15) is 18.1 Å². The van der Waals surface area contributed by atoms with E-state index in [1.54, 1.807) is 0 Å². The highest BCUT2D eigenvalue weighted by Crippen LogP contribution is 2.28. The number of fused-ring (bicyclic) bond motifs is 1. The van der Waals surface area contributed by atoms with E-state index >= 15 is 0 Å². The maximum absolute atomic E-state index is 13.0. The van der Waals surface area contributed by atoms with Gasteiger partial charge < -0.3 is 14.4 Å². The monoisotopic (exact) mass is 403 g/mol. The van der Waals surface area contributed by atoms with Crippen LogP contribution in [0.15, 0.2) is 60.7 Å². The van der Waals surface area contributed by atoms with Gasteiger partial charge in [-0.15, -0.1) is 0 Å². The second-order valence-electron chi connectivity index (χ2n) is 8.00. The first kappa shape index (κ1) is 20.3. The molecule has 1 fully saturated rings. The molecule has 0 radical (unpaired) electrons. The van der Waals surface area contributed by atoms with Crippen LogP contribution in [0.5, 0.6) is 11.5 Å². The Morgan fingerprint density at radius 2 is 1.73 bits per heavy atom. The molecular formula is C26H29NO3. The topological polar surface area (TPSA) is 38.8 Å². The molecule has 3 aromatic rings. The van der Waals surface area contributed by atoms with E-state index in [2.05, 4.69) is 25.1 Å². The number of rotatable bonds is 6. The molecule has 30 heavy (non-hydrogen) atoms. The van der Waals surface area contributed by atoms with Crippen LogP contribution in [0.25, 0.3) is 10.8 Å². The Balaban J connectivity index is 1.56. The Bertz CT molecular complexity index is 1020. The Morgan fingerprint density at radius 3 is 2.53 bits per heavy atom. The molecule has 4 rings (SSSR count). The van der Waals surface area contributed by atoms with Gasteiger partial charge in [0.2, 0.25) is 0 Å². The molecule has 0 aromatic heterocycles. The van der Waals surface area contributed by atoms with E-state index in [0.717, 1.165) is 53.8 Å². The summed E-state index contributed by atoms with van der Waals surface area (Å²) in [5.74, 6) is 2.38. The quantitative estimate of drug-likeness (QED) is 0.531. The van der Waals surface area contributed by atoms with E-state index in [1.807, 2.05) is 54.3 Å². The molecule has 1 heterocycles. The second-order valence-corrected chi connectivity index (χ2v) is 8.00. The van der Waals surface area contributed by atoms with Gasteiger partial charge in [-0.3, -0.25) is 4.79 Å². The van der Waals surface area contributed by atoms with Gasteiger partial charge >= 0.3 is 0 Å². The molecule has 1 aliphatic heterocycles. The van der Waals surface area contributed by atoms with Crippen LogP contribution in [-0.2, 0) is 6.61 Å². The van der Waals surface area contributed by atoms with E-state index in [4.69, 9.17) is 9.47 Å². The fourth-order valence-corrected chi connectivity index (χ4v) is 3.99. The van der Waals surface area contributed by atoms with Crippen molar-refractivity contribution in [1.82, 2.24) is 4.90 Å². The number of hydrogen-bond acceptors (Lipinski definition) is 3. The summed E-state index contributed by atoms with van der Waals surface area (Å²) in [5.41, 5.74) is 1.59. The predicted octanol–water partition coefficient (Wildman–Crippen LogP) is 5.69. The van der Waals surface area contributed by atoms with Crippen LogP contribution in [0.4, 0.5) is 0 Å². The maximum Gasteiger partial charge on any atom is 0.253 e. The van der Waals surface area contributed by atoms with Crippen molar-refractivity contribution >= 4 is 16.7 Å². The Labute approximate surface area is 178 Å². The average molecular weight is 404 g/mol. The molecule has 0 spiro atoms. The lowest BCUT2D eigenvalue weighted by Gasteiger charge is -2.30. The molecule has 156 valence electrons. The Hall–Kier alpha value is -3.01. The highest BCUT2D eigenvalue weighted by Gasteiger charge is 2.22. The minimum Gasteiger partial charge on any atom is -0.493 e. The molecule has 0 saturated carbocycles. The Morgan fingerprint density at radius 1 is 0.967 bits per heavy atom. The molecule has 3 aromatic carbocycles. The number of benzene rings is 3. The molecule has 4 nitrogen and oxygen atoms in total. The van der Waals surface area contributed by atoms with Gasteiger partial charge in [0, 0.05) is 29.6 Å². The third kappa shape index (κ3) is 4.43.